The van der Waals surface area contributed by atoms with E-state index in [1.54, 1.807) is 12.1 Å². The third-order valence-electron chi connectivity index (χ3n) is 5.64. The molecule has 0 radical (unpaired) electrons. The summed E-state index contributed by atoms with van der Waals surface area (Å²) >= 11 is 0. The van der Waals surface area contributed by atoms with Crippen molar-refractivity contribution in [1.82, 2.24) is 4.90 Å². The minimum absolute atomic E-state index is 0.125. The maximum atomic E-state index is 13.6. The van der Waals surface area contributed by atoms with Gasteiger partial charge in [0, 0.05) is 38.6 Å². The van der Waals surface area contributed by atoms with Crippen molar-refractivity contribution in [3.8, 4) is 0 Å². The minimum atomic E-state index is -0.305. The largest absolute Gasteiger partial charge is 0.459 e. The predicted octanol–water partition coefficient (Wildman–Crippen LogP) is 5.53. The van der Waals surface area contributed by atoms with Gasteiger partial charge in [-0.2, -0.15) is 0 Å². The monoisotopic (exact) mass is 447 g/mol. The lowest BCUT2D eigenvalue weighted by Crippen LogP contribution is -2.35. The van der Waals surface area contributed by atoms with Crippen molar-refractivity contribution in [2.75, 3.05) is 30.9 Å². The van der Waals surface area contributed by atoms with Crippen LogP contribution in [0.2, 0.25) is 0 Å². The molecule has 0 aliphatic heterocycles. The van der Waals surface area contributed by atoms with E-state index in [0.29, 0.717) is 18.8 Å². The molecule has 0 spiro atoms. The Balaban J connectivity index is 1.88. The molecule has 1 aromatic heterocycles. The van der Waals surface area contributed by atoms with Gasteiger partial charge in [-0.3, -0.25) is 9.59 Å². The average Bonchev–Trinajstić information content (AvgIpc) is 3.35. The number of carbonyl (C=O) groups is 2. The number of anilines is 2. The number of nitrogens with one attached hydrogen (secondary N) is 1. The summed E-state index contributed by atoms with van der Waals surface area (Å²) in [5.74, 6) is -0.104. The van der Waals surface area contributed by atoms with Crippen LogP contribution < -0.4 is 10.2 Å². The van der Waals surface area contributed by atoms with Crippen LogP contribution in [-0.4, -0.2) is 37.4 Å². The minimum Gasteiger partial charge on any atom is -0.459 e. The van der Waals surface area contributed by atoms with Crippen LogP contribution in [0.4, 0.5) is 11.4 Å². The first kappa shape index (κ1) is 24.1. The second-order valence-electron chi connectivity index (χ2n) is 8.30. The van der Waals surface area contributed by atoms with E-state index in [1.807, 2.05) is 72.4 Å². The van der Waals surface area contributed by atoms with Crippen molar-refractivity contribution in [1.29, 1.82) is 0 Å². The molecule has 0 saturated carbocycles. The van der Waals surface area contributed by atoms with E-state index in [1.165, 1.54) is 6.26 Å². The number of benzene rings is 2. The molecule has 3 rings (SSSR count). The van der Waals surface area contributed by atoms with Gasteiger partial charge in [0.1, 0.15) is 0 Å². The molecule has 6 nitrogen and oxygen atoms in total. The molecule has 0 aliphatic carbocycles. The van der Waals surface area contributed by atoms with Crippen molar-refractivity contribution >= 4 is 23.2 Å². The van der Waals surface area contributed by atoms with Gasteiger partial charge in [-0.25, -0.2) is 0 Å². The summed E-state index contributed by atoms with van der Waals surface area (Å²) in [4.78, 5) is 30.0. The molecule has 33 heavy (non-hydrogen) atoms. The molecule has 2 amide bonds. The predicted molar refractivity (Wildman–Crippen MR) is 133 cm³/mol. The Morgan fingerprint density at radius 3 is 2.36 bits per heavy atom. The van der Waals surface area contributed by atoms with Gasteiger partial charge in [-0.05, 0) is 54.3 Å². The van der Waals surface area contributed by atoms with Crippen LogP contribution in [0.5, 0.6) is 0 Å². The van der Waals surface area contributed by atoms with E-state index >= 15 is 0 Å². The third kappa shape index (κ3) is 6.04. The van der Waals surface area contributed by atoms with Crippen LogP contribution in [0.3, 0.4) is 0 Å². The molecule has 1 atom stereocenters. The normalized spacial score (nSPS) is 11.6. The fourth-order valence-corrected chi connectivity index (χ4v) is 4.03. The number of hydrogen-bond acceptors (Lipinski definition) is 4. The fourth-order valence-electron chi connectivity index (χ4n) is 4.03. The first-order chi connectivity index (χ1) is 15.9. The van der Waals surface area contributed by atoms with E-state index < -0.39 is 0 Å². The number of nitrogens with zero attached hydrogens (tertiary/aromatic N) is 2. The summed E-state index contributed by atoms with van der Waals surface area (Å²) in [5, 5.41) is 2.89. The van der Waals surface area contributed by atoms with Gasteiger partial charge in [0.25, 0.3) is 5.91 Å². The number of hydrogen-bond donors (Lipinski definition) is 1. The van der Waals surface area contributed by atoms with Crippen LogP contribution in [-0.2, 0) is 11.3 Å². The Bertz CT molecular complexity index is 1050. The van der Waals surface area contributed by atoms with E-state index in [0.717, 1.165) is 29.7 Å². The standard InChI is InChI=1S/C27H33N3O3/c1-5-16-30(27(32)23(6-2)20-11-8-7-9-12-20)19-21-18-22(14-15-24(21)29(3)4)28-26(31)25-13-10-17-33-25/h7-15,17-18,23H,5-6,16,19H2,1-4H3,(H,28,31). The lowest BCUT2D eigenvalue weighted by Gasteiger charge is -2.29. The molecule has 3 aromatic rings. The number of furan rings is 1. The maximum absolute atomic E-state index is 13.6. The zero-order valence-corrected chi connectivity index (χ0v) is 19.9. The van der Waals surface area contributed by atoms with Gasteiger partial charge in [0.15, 0.2) is 5.76 Å². The second-order valence-corrected chi connectivity index (χ2v) is 8.30. The summed E-state index contributed by atoms with van der Waals surface area (Å²) < 4.78 is 5.20. The Morgan fingerprint density at radius 2 is 1.76 bits per heavy atom. The van der Waals surface area contributed by atoms with Crippen molar-refractivity contribution in [3.05, 3.63) is 83.8 Å². The summed E-state index contributed by atoms with van der Waals surface area (Å²) in [6.45, 7) is 5.26. The van der Waals surface area contributed by atoms with Crippen molar-refractivity contribution in [2.24, 2.45) is 0 Å². The maximum Gasteiger partial charge on any atom is 0.291 e. The molecule has 174 valence electrons. The molecule has 0 fully saturated rings. The number of rotatable bonds is 10. The molecule has 0 aliphatic rings. The smallest absolute Gasteiger partial charge is 0.291 e. The van der Waals surface area contributed by atoms with Gasteiger partial charge in [-0.15, -0.1) is 0 Å². The molecule has 0 bridgehead atoms. The Hall–Kier alpha value is -3.54. The van der Waals surface area contributed by atoms with Crippen molar-refractivity contribution in [3.63, 3.8) is 0 Å². The van der Waals surface area contributed by atoms with Gasteiger partial charge < -0.3 is 19.5 Å². The van der Waals surface area contributed by atoms with Crippen LogP contribution in [0.25, 0.3) is 0 Å². The molecule has 0 saturated heterocycles. The molecular formula is C27H33N3O3. The SMILES string of the molecule is CCCN(Cc1cc(NC(=O)c2ccco2)ccc1N(C)C)C(=O)C(CC)c1ccccc1. The Morgan fingerprint density at radius 1 is 1.00 bits per heavy atom. The zero-order chi connectivity index (χ0) is 23.8. The number of carbonyl (C=O) groups excluding carboxylic acids is 2. The Kier molecular flexibility index (Phi) is 8.30. The summed E-state index contributed by atoms with van der Waals surface area (Å²) in [7, 11) is 3.95. The fraction of sp³-hybridized carbons (Fsp3) is 0.333. The van der Waals surface area contributed by atoms with E-state index in [-0.39, 0.29) is 23.5 Å². The lowest BCUT2D eigenvalue weighted by atomic mass is 9.94. The molecule has 1 heterocycles. The third-order valence-corrected chi connectivity index (χ3v) is 5.64. The first-order valence-electron chi connectivity index (χ1n) is 11.4. The van der Waals surface area contributed by atoms with Crippen molar-refractivity contribution in [2.45, 2.75) is 39.2 Å². The molecule has 2 aromatic carbocycles. The summed E-state index contributed by atoms with van der Waals surface area (Å²) in [5.41, 5.74) is 3.68. The topological polar surface area (TPSA) is 65.8 Å². The van der Waals surface area contributed by atoms with Crippen LogP contribution in [0.1, 0.15) is 54.3 Å². The first-order valence-corrected chi connectivity index (χ1v) is 11.4. The second kappa shape index (κ2) is 11.4. The Labute approximate surface area is 196 Å². The van der Waals surface area contributed by atoms with Gasteiger partial charge >= 0.3 is 0 Å². The van der Waals surface area contributed by atoms with Crippen LogP contribution in [0.15, 0.2) is 71.3 Å². The van der Waals surface area contributed by atoms with E-state index in [2.05, 4.69) is 19.2 Å². The molecule has 1 N–H and O–H groups in total. The van der Waals surface area contributed by atoms with Crippen LogP contribution >= 0.6 is 0 Å². The highest BCUT2D eigenvalue weighted by atomic mass is 16.3. The summed E-state index contributed by atoms with van der Waals surface area (Å²) in [6, 6.07) is 19.0. The molecular weight excluding hydrogens is 414 g/mol. The van der Waals surface area contributed by atoms with E-state index in [9.17, 15) is 9.59 Å². The van der Waals surface area contributed by atoms with Gasteiger partial charge in [0.2, 0.25) is 5.91 Å². The highest BCUT2D eigenvalue weighted by molar-refractivity contribution is 6.02. The van der Waals surface area contributed by atoms with E-state index in [4.69, 9.17) is 4.42 Å². The van der Waals surface area contributed by atoms with Gasteiger partial charge in [0.05, 0.1) is 12.2 Å². The van der Waals surface area contributed by atoms with Gasteiger partial charge in [-0.1, -0.05) is 44.2 Å². The highest BCUT2D eigenvalue weighted by Crippen LogP contribution is 2.28. The highest BCUT2D eigenvalue weighted by Gasteiger charge is 2.25. The molecule has 6 heteroatoms. The number of amides is 2. The quantitative estimate of drug-likeness (QED) is 0.444. The lowest BCUT2D eigenvalue weighted by molar-refractivity contribution is -0.133. The molecule has 1 unspecified atom stereocenters. The van der Waals surface area contributed by atoms with Crippen LogP contribution in [0, 0.1) is 0 Å². The van der Waals surface area contributed by atoms with Crippen molar-refractivity contribution < 1.29 is 14.0 Å². The summed E-state index contributed by atoms with van der Waals surface area (Å²) in [6.07, 6.45) is 3.08. The zero-order valence-electron chi connectivity index (χ0n) is 19.9. The average molecular weight is 448 g/mol.